The van der Waals surface area contributed by atoms with Crippen molar-refractivity contribution in [3.63, 3.8) is 0 Å². The van der Waals surface area contributed by atoms with E-state index in [-0.39, 0.29) is 36.6 Å². The van der Waals surface area contributed by atoms with Gasteiger partial charge in [-0.05, 0) is 47.9 Å². The van der Waals surface area contributed by atoms with Gasteiger partial charge in [-0.1, -0.05) is 36.4 Å². The van der Waals surface area contributed by atoms with Crippen LogP contribution >= 0.6 is 0 Å². The van der Waals surface area contributed by atoms with Crippen LogP contribution in [-0.2, 0) is 31.1 Å². The molecule has 0 spiro atoms. The number of nitriles is 1. The highest BCUT2D eigenvalue weighted by Gasteiger charge is 2.48. The molecule has 1 saturated carbocycles. The van der Waals surface area contributed by atoms with Crippen molar-refractivity contribution >= 4 is 11.9 Å². The molecule has 0 aromatic heterocycles. The van der Waals surface area contributed by atoms with Gasteiger partial charge in [0.05, 0.1) is 32.8 Å². The third-order valence-corrected chi connectivity index (χ3v) is 6.37. The molecule has 7 nitrogen and oxygen atoms in total. The molecule has 0 bridgehead atoms. The lowest BCUT2D eigenvalue weighted by molar-refractivity contribution is -0.145. The van der Waals surface area contributed by atoms with Crippen LogP contribution in [0.4, 0.5) is 0 Å². The van der Waals surface area contributed by atoms with Gasteiger partial charge in [-0.2, -0.15) is 5.26 Å². The number of esters is 2. The molecule has 0 heterocycles. The zero-order chi connectivity index (χ0) is 23.8. The highest BCUT2D eigenvalue weighted by Crippen LogP contribution is 2.51. The lowest BCUT2D eigenvalue weighted by Crippen LogP contribution is -2.21. The summed E-state index contributed by atoms with van der Waals surface area (Å²) in [6.45, 7) is 0.357. The van der Waals surface area contributed by atoms with Crippen LogP contribution < -0.4 is 9.47 Å². The highest BCUT2D eigenvalue weighted by molar-refractivity contribution is 5.71. The van der Waals surface area contributed by atoms with E-state index >= 15 is 0 Å². The standard InChI is InChI=1S/C26H29NO6/c1-30-22-10-9-21(13-23(22)33-16-18-7-5-4-6-8-18)26(17-27)14-19(11-24(28)31-2)20(15-26)12-25(29)32-3/h4-10,13,19-20H,11-12,14-16H2,1-3H3/t19-,20+,26?. The SMILES string of the molecule is COC(=O)C[C@@H]1CC(C#N)(c2ccc(OC)c(OCc3ccccc3)c2)C[C@@H]1CC(=O)OC. The molecule has 33 heavy (non-hydrogen) atoms. The van der Waals surface area contributed by atoms with Crippen molar-refractivity contribution in [1.82, 2.24) is 0 Å². The van der Waals surface area contributed by atoms with E-state index in [4.69, 9.17) is 18.9 Å². The molecule has 3 rings (SSSR count). The first-order valence-corrected chi connectivity index (χ1v) is 10.8. The smallest absolute Gasteiger partial charge is 0.305 e. The molecule has 1 unspecified atom stereocenters. The minimum atomic E-state index is -0.867. The summed E-state index contributed by atoms with van der Waals surface area (Å²) in [6.07, 6.45) is 1.17. The van der Waals surface area contributed by atoms with Gasteiger partial charge in [-0.3, -0.25) is 9.59 Å². The number of carbonyl (C=O) groups excluding carboxylic acids is 2. The van der Waals surface area contributed by atoms with Crippen LogP contribution in [0.3, 0.4) is 0 Å². The highest BCUT2D eigenvalue weighted by atomic mass is 16.5. The van der Waals surface area contributed by atoms with Crippen molar-refractivity contribution < 1.29 is 28.5 Å². The van der Waals surface area contributed by atoms with E-state index in [1.54, 1.807) is 13.2 Å². The molecule has 1 aliphatic rings. The van der Waals surface area contributed by atoms with Crippen LogP contribution in [0.15, 0.2) is 48.5 Å². The van der Waals surface area contributed by atoms with Crippen LogP contribution in [0.25, 0.3) is 0 Å². The second kappa shape index (κ2) is 10.9. The summed E-state index contributed by atoms with van der Waals surface area (Å²) in [5.74, 6) is 0.0434. The monoisotopic (exact) mass is 451 g/mol. The van der Waals surface area contributed by atoms with Crippen LogP contribution in [0, 0.1) is 23.2 Å². The molecule has 1 aliphatic carbocycles. The van der Waals surface area contributed by atoms with Crippen molar-refractivity contribution in [2.75, 3.05) is 21.3 Å². The maximum Gasteiger partial charge on any atom is 0.305 e. The van der Waals surface area contributed by atoms with Gasteiger partial charge in [0.15, 0.2) is 11.5 Å². The Morgan fingerprint density at radius 3 is 2.06 bits per heavy atom. The fourth-order valence-corrected chi connectivity index (χ4v) is 4.60. The molecule has 0 radical (unpaired) electrons. The summed E-state index contributed by atoms with van der Waals surface area (Å²) >= 11 is 0. The Hall–Kier alpha value is -3.53. The zero-order valence-corrected chi connectivity index (χ0v) is 19.2. The molecule has 1 fully saturated rings. The Balaban J connectivity index is 1.90. The van der Waals surface area contributed by atoms with Gasteiger partial charge in [-0.25, -0.2) is 0 Å². The van der Waals surface area contributed by atoms with E-state index in [9.17, 15) is 14.9 Å². The van der Waals surface area contributed by atoms with Crippen molar-refractivity contribution in [1.29, 1.82) is 5.26 Å². The zero-order valence-electron chi connectivity index (χ0n) is 19.2. The number of nitrogens with zero attached hydrogens (tertiary/aromatic N) is 1. The van der Waals surface area contributed by atoms with E-state index in [2.05, 4.69) is 6.07 Å². The van der Waals surface area contributed by atoms with Crippen LogP contribution in [-0.4, -0.2) is 33.3 Å². The molecular formula is C26H29NO6. The average Bonchev–Trinajstić information content (AvgIpc) is 3.20. The molecule has 2 aromatic carbocycles. The van der Waals surface area contributed by atoms with Crippen LogP contribution in [0.1, 0.15) is 36.8 Å². The van der Waals surface area contributed by atoms with Gasteiger partial charge in [-0.15, -0.1) is 0 Å². The second-order valence-electron chi connectivity index (χ2n) is 8.32. The molecule has 3 atom stereocenters. The van der Waals surface area contributed by atoms with Gasteiger partial charge in [0, 0.05) is 12.8 Å². The van der Waals surface area contributed by atoms with E-state index in [1.165, 1.54) is 14.2 Å². The number of hydrogen-bond acceptors (Lipinski definition) is 7. The molecular weight excluding hydrogens is 422 g/mol. The van der Waals surface area contributed by atoms with Crippen LogP contribution in [0.5, 0.6) is 11.5 Å². The third-order valence-electron chi connectivity index (χ3n) is 6.37. The fraction of sp³-hybridized carbons (Fsp3) is 0.423. The third kappa shape index (κ3) is 5.64. The molecule has 0 aliphatic heterocycles. The van der Waals surface area contributed by atoms with Gasteiger partial charge < -0.3 is 18.9 Å². The first-order chi connectivity index (χ1) is 15.9. The summed E-state index contributed by atoms with van der Waals surface area (Å²) in [5, 5.41) is 10.3. The summed E-state index contributed by atoms with van der Waals surface area (Å²) < 4.78 is 21.2. The summed E-state index contributed by atoms with van der Waals surface area (Å²) in [5.41, 5.74) is 0.919. The van der Waals surface area contributed by atoms with Crippen molar-refractivity contribution in [3.05, 3.63) is 59.7 Å². The average molecular weight is 452 g/mol. The van der Waals surface area contributed by atoms with Crippen molar-refractivity contribution in [2.24, 2.45) is 11.8 Å². The van der Waals surface area contributed by atoms with Gasteiger partial charge >= 0.3 is 11.9 Å². The van der Waals surface area contributed by atoms with Crippen LogP contribution in [0.2, 0.25) is 0 Å². The maximum atomic E-state index is 12.0. The first-order valence-electron chi connectivity index (χ1n) is 10.8. The van der Waals surface area contributed by atoms with Gasteiger partial charge in [0.2, 0.25) is 0 Å². The van der Waals surface area contributed by atoms with Gasteiger partial charge in [0.1, 0.15) is 6.61 Å². The second-order valence-corrected chi connectivity index (χ2v) is 8.32. The largest absolute Gasteiger partial charge is 0.493 e. The number of ether oxygens (including phenoxy) is 4. The number of hydrogen-bond donors (Lipinski definition) is 0. The molecule has 2 aromatic rings. The normalized spacial score (nSPS) is 21.6. The number of methoxy groups -OCH3 is 3. The predicted octanol–water partition coefficient (Wildman–Crippen LogP) is 4.19. The van der Waals surface area contributed by atoms with E-state index < -0.39 is 5.41 Å². The molecule has 0 N–H and O–H groups in total. The Labute approximate surface area is 194 Å². The predicted molar refractivity (Wildman–Crippen MR) is 121 cm³/mol. The molecule has 0 saturated heterocycles. The van der Waals surface area contributed by atoms with E-state index in [0.717, 1.165) is 11.1 Å². The first kappa shape index (κ1) is 24.1. The lowest BCUT2D eigenvalue weighted by Gasteiger charge is -2.23. The topological polar surface area (TPSA) is 94.9 Å². The summed E-state index contributed by atoms with van der Waals surface area (Å²) in [6, 6.07) is 17.7. The summed E-state index contributed by atoms with van der Waals surface area (Å²) in [4.78, 5) is 24.0. The van der Waals surface area contributed by atoms with E-state index in [1.807, 2.05) is 42.5 Å². The molecule has 0 amide bonds. The maximum absolute atomic E-state index is 12.0. The number of benzene rings is 2. The van der Waals surface area contributed by atoms with Gasteiger partial charge in [0.25, 0.3) is 0 Å². The minimum Gasteiger partial charge on any atom is -0.493 e. The Morgan fingerprint density at radius 2 is 1.55 bits per heavy atom. The van der Waals surface area contributed by atoms with Crippen molar-refractivity contribution in [2.45, 2.75) is 37.7 Å². The Morgan fingerprint density at radius 1 is 0.939 bits per heavy atom. The number of rotatable bonds is 9. The van der Waals surface area contributed by atoms with E-state index in [0.29, 0.717) is 30.9 Å². The Bertz CT molecular complexity index is 987. The summed E-state index contributed by atoms with van der Waals surface area (Å²) in [7, 11) is 4.24. The molecule has 174 valence electrons. The number of carbonyl (C=O) groups is 2. The lowest BCUT2D eigenvalue weighted by atomic mass is 9.79. The molecule has 7 heteroatoms. The fourth-order valence-electron chi connectivity index (χ4n) is 4.60. The van der Waals surface area contributed by atoms with Crippen molar-refractivity contribution in [3.8, 4) is 17.6 Å². The quantitative estimate of drug-likeness (QED) is 0.528. The minimum absolute atomic E-state index is 0.148. The Kier molecular flexibility index (Phi) is 7.94.